The summed E-state index contributed by atoms with van der Waals surface area (Å²) in [6.07, 6.45) is 3.54. The number of rotatable bonds is 11. The van der Waals surface area contributed by atoms with Crippen LogP contribution in [0.1, 0.15) is 43.4 Å². The Labute approximate surface area is 193 Å². The lowest BCUT2D eigenvalue weighted by atomic mass is 10.0. The average Bonchev–Trinajstić information content (AvgIpc) is 3.19. The second-order valence-corrected chi connectivity index (χ2v) is 7.60. The molecule has 1 fully saturated rings. The molecule has 0 spiro atoms. The molecule has 2 unspecified atom stereocenters. The van der Waals surface area contributed by atoms with Crippen molar-refractivity contribution >= 4 is 29.9 Å². The molecule has 2 N–H and O–H groups in total. The second-order valence-electron chi connectivity index (χ2n) is 7.60. The van der Waals surface area contributed by atoms with Crippen LogP contribution in [0.15, 0.2) is 29.3 Å². The Morgan fingerprint density at radius 2 is 2.03 bits per heavy atom. The minimum absolute atomic E-state index is 0. The van der Waals surface area contributed by atoms with Crippen LogP contribution in [0.4, 0.5) is 0 Å². The number of guanidine groups is 1. The van der Waals surface area contributed by atoms with Gasteiger partial charge in [0.15, 0.2) is 5.96 Å². The highest BCUT2D eigenvalue weighted by atomic mass is 127. The molecule has 2 rings (SSSR count). The molecule has 1 aliphatic heterocycles. The predicted octanol–water partition coefficient (Wildman–Crippen LogP) is 3.36. The fourth-order valence-electron chi connectivity index (χ4n) is 3.25. The molecule has 1 aromatic rings. The molecule has 0 aromatic heterocycles. The summed E-state index contributed by atoms with van der Waals surface area (Å²) in [5.74, 6) is 0.862. The number of likely N-dealkylation sites (N-methyl/N-ethyl adjacent to an activating group) is 1. The topological polar surface area (TPSA) is 58.1 Å². The number of halogens is 1. The molecule has 1 saturated heterocycles. The summed E-state index contributed by atoms with van der Waals surface area (Å²) >= 11 is 0. The van der Waals surface area contributed by atoms with E-state index in [0.29, 0.717) is 12.6 Å². The van der Waals surface area contributed by atoms with E-state index in [-0.39, 0.29) is 30.0 Å². The smallest absolute Gasteiger partial charge is 0.191 e. The number of hydrogen-bond acceptors (Lipinski definition) is 4. The lowest BCUT2D eigenvalue weighted by molar-refractivity contribution is 0.0168. The molecule has 0 amide bonds. The third kappa shape index (κ3) is 10.1. The Kier molecular flexibility index (Phi) is 13.5. The van der Waals surface area contributed by atoms with Gasteiger partial charge in [-0.2, -0.15) is 0 Å². The van der Waals surface area contributed by atoms with E-state index < -0.39 is 0 Å². The maximum Gasteiger partial charge on any atom is 0.191 e. The Morgan fingerprint density at radius 1 is 1.28 bits per heavy atom. The van der Waals surface area contributed by atoms with Crippen molar-refractivity contribution in [1.82, 2.24) is 15.5 Å². The van der Waals surface area contributed by atoms with Crippen molar-refractivity contribution in [2.24, 2.45) is 4.99 Å². The third-order valence-electron chi connectivity index (χ3n) is 4.94. The minimum Gasteiger partial charge on any atom is -0.379 e. The van der Waals surface area contributed by atoms with Crippen LogP contribution in [0.5, 0.6) is 0 Å². The normalized spacial score (nSPS) is 17.8. The van der Waals surface area contributed by atoms with Crippen LogP contribution in [0, 0.1) is 6.92 Å². The SMILES string of the molecule is CCNC(=NCC(c1ccc(C)cc1)N(C)C)NCCCOCC1CCCO1.I. The number of aryl methyl sites for hydroxylation is 1. The number of nitrogens with one attached hydrogen (secondary N) is 2. The summed E-state index contributed by atoms with van der Waals surface area (Å²) in [4.78, 5) is 7.03. The molecule has 1 heterocycles. The van der Waals surface area contributed by atoms with Crippen LogP contribution < -0.4 is 10.6 Å². The second kappa shape index (κ2) is 15.0. The first-order valence-electron chi connectivity index (χ1n) is 10.5. The van der Waals surface area contributed by atoms with Gasteiger partial charge in [-0.25, -0.2) is 0 Å². The van der Waals surface area contributed by atoms with Crippen molar-refractivity contribution in [2.75, 3.05) is 53.6 Å². The first-order chi connectivity index (χ1) is 13.6. The standard InChI is InChI=1S/C22H38N4O2.HI/c1-5-23-22(24-13-7-14-27-17-20-8-6-15-28-20)25-16-21(26(3)4)19-11-9-18(2)10-12-19;/h9-12,20-21H,5-8,13-17H2,1-4H3,(H2,23,24,25);1H. The molecule has 1 aliphatic rings. The summed E-state index contributed by atoms with van der Waals surface area (Å²) in [5, 5.41) is 6.75. The van der Waals surface area contributed by atoms with Gasteiger partial charge in [-0.05, 0) is 52.8 Å². The molecule has 0 saturated carbocycles. The lowest BCUT2D eigenvalue weighted by Gasteiger charge is -2.24. The van der Waals surface area contributed by atoms with Gasteiger partial charge >= 0.3 is 0 Å². The molecular weight excluding hydrogens is 479 g/mol. The molecule has 29 heavy (non-hydrogen) atoms. The summed E-state index contributed by atoms with van der Waals surface area (Å²) in [6.45, 7) is 8.95. The Bertz CT molecular complexity index is 575. The van der Waals surface area contributed by atoms with Crippen molar-refractivity contribution in [2.45, 2.75) is 45.3 Å². The van der Waals surface area contributed by atoms with E-state index in [1.165, 1.54) is 11.1 Å². The number of benzene rings is 1. The first kappa shape index (κ1) is 26.1. The van der Waals surface area contributed by atoms with Gasteiger partial charge in [0.1, 0.15) is 0 Å². The highest BCUT2D eigenvalue weighted by molar-refractivity contribution is 14.0. The van der Waals surface area contributed by atoms with Gasteiger partial charge in [0.25, 0.3) is 0 Å². The van der Waals surface area contributed by atoms with Gasteiger partial charge in [-0.1, -0.05) is 29.8 Å². The van der Waals surface area contributed by atoms with E-state index in [0.717, 1.165) is 58.1 Å². The fourth-order valence-corrected chi connectivity index (χ4v) is 3.25. The third-order valence-corrected chi connectivity index (χ3v) is 4.94. The summed E-state index contributed by atoms with van der Waals surface area (Å²) in [6, 6.07) is 8.97. The van der Waals surface area contributed by atoms with Gasteiger partial charge in [0, 0.05) is 26.3 Å². The van der Waals surface area contributed by atoms with Crippen molar-refractivity contribution in [3.8, 4) is 0 Å². The zero-order valence-electron chi connectivity index (χ0n) is 18.4. The van der Waals surface area contributed by atoms with Gasteiger partial charge in [-0.15, -0.1) is 24.0 Å². The molecule has 1 aromatic carbocycles. The summed E-state index contributed by atoms with van der Waals surface area (Å²) < 4.78 is 11.3. The van der Waals surface area contributed by atoms with Crippen LogP contribution in [-0.4, -0.2) is 70.5 Å². The zero-order valence-corrected chi connectivity index (χ0v) is 20.8. The van der Waals surface area contributed by atoms with Gasteiger partial charge in [-0.3, -0.25) is 4.99 Å². The Morgan fingerprint density at radius 3 is 2.66 bits per heavy atom. The quantitative estimate of drug-likeness (QED) is 0.204. The monoisotopic (exact) mass is 518 g/mol. The largest absolute Gasteiger partial charge is 0.379 e. The minimum atomic E-state index is 0. The average molecular weight is 518 g/mol. The fraction of sp³-hybridized carbons (Fsp3) is 0.682. The van der Waals surface area contributed by atoms with Crippen LogP contribution >= 0.6 is 24.0 Å². The Hall–Kier alpha value is -0.900. The number of aliphatic imine (C=N–C) groups is 1. The molecular formula is C22H39IN4O2. The van der Waals surface area contributed by atoms with Crippen LogP contribution in [-0.2, 0) is 9.47 Å². The van der Waals surface area contributed by atoms with E-state index >= 15 is 0 Å². The molecule has 2 atom stereocenters. The number of ether oxygens (including phenoxy) is 2. The van der Waals surface area contributed by atoms with Crippen molar-refractivity contribution in [3.63, 3.8) is 0 Å². The van der Waals surface area contributed by atoms with Crippen molar-refractivity contribution in [1.29, 1.82) is 0 Å². The Balaban J connectivity index is 0.00000420. The summed E-state index contributed by atoms with van der Waals surface area (Å²) in [7, 11) is 4.21. The number of hydrogen-bond donors (Lipinski definition) is 2. The first-order valence-corrected chi connectivity index (χ1v) is 10.5. The molecule has 0 radical (unpaired) electrons. The lowest BCUT2D eigenvalue weighted by Crippen LogP contribution is -2.38. The van der Waals surface area contributed by atoms with E-state index in [2.05, 4.69) is 67.7 Å². The van der Waals surface area contributed by atoms with E-state index in [1.807, 2.05) is 0 Å². The zero-order chi connectivity index (χ0) is 20.2. The maximum absolute atomic E-state index is 5.72. The predicted molar refractivity (Wildman–Crippen MR) is 131 cm³/mol. The van der Waals surface area contributed by atoms with E-state index in [9.17, 15) is 0 Å². The van der Waals surface area contributed by atoms with E-state index in [1.54, 1.807) is 0 Å². The molecule has 166 valence electrons. The van der Waals surface area contributed by atoms with Gasteiger partial charge in [0.05, 0.1) is 25.3 Å². The van der Waals surface area contributed by atoms with Crippen molar-refractivity contribution in [3.05, 3.63) is 35.4 Å². The highest BCUT2D eigenvalue weighted by Gasteiger charge is 2.15. The van der Waals surface area contributed by atoms with Crippen molar-refractivity contribution < 1.29 is 9.47 Å². The van der Waals surface area contributed by atoms with Crippen LogP contribution in [0.25, 0.3) is 0 Å². The molecule has 7 heteroatoms. The maximum atomic E-state index is 5.72. The number of nitrogens with zero attached hydrogens (tertiary/aromatic N) is 2. The van der Waals surface area contributed by atoms with E-state index in [4.69, 9.17) is 14.5 Å². The van der Waals surface area contributed by atoms with Gasteiger partial charge < -0.3 is 25.0 Å². The molecule has 0 aliphatic carbocycles. The molecule has 0 bridgehead atoms. The van der Waals surface area contributed by atoms with Crippen LogP contribution in [0.2, 0.25) is 0 Å². The van der Waals surface area contributed by atoms with Gasteiger partial charge in [0.2, 0.25) is 0 Å². The molecule has 6 nitrogen and oxygen atoms in total. The summed E-state index contributed by atoms with van der Waals surface area (Å²) in [5.41, 5.74) is 2.57. The highest BCUT2D eigenvalue weighted by Crippen LogP contribution is 2.19. The van der Waals surface area contributed by atoms with Crippen LogP contribution in [0.3, 0.4) is 0 Å².